The molecular formula is C14H19Cl2NO3S. The first-order chi connectivity index (χ1) is 10.1. The molecule has 21 heavy (non-hydrogen) atoms. The van der Waals surface area contributed by atoms with Crippen LogP contribution in [0.25, 0.3) is 0 Å². The summed E-state index contributed by atoms with van der Waals surface area (Å²) in [6.07, 6.45) is 1.08. The van der Waals surface area contributed by atoms with Gasteiger partial charge in [0.2, 0.25) is 5.91 Å². The number of carbonyl (C=O) groups is 1. The molecule has 0 atom stereocenters. The predicted octanol–water partition coefficient (Wildman–Crippen LogP) is 2.99. The highest BCUT2D eigenvalue weighted by atomic mass is 35.5. The molecule has 7 heteroatoms. The van der Waals surface area contributed by atoms with Gasteiger partial charge in [0.05, 0.1) is 23.1 Å². The largest absolute Gasteiger partial charge is 0.493 e. The molecule has 0 heterocycles. The molecule has 0 radical (unpaired) electrons. The second kappa shape index (κ2) is 11.0. The Kier molecular flexibility index (Phi) is 9.67. The number of aliphatic hydroxyl groups is 1. The fraction of sp³-hybridized carbons (Fsp3) is 0.500. The van der Waals surface area contributed by atoms with Crippen LogP contribution >= 0.6 is 35.0 Å². The van der Waals surface area contributed by atoms with Crippen LogP contribution < -0.4 is 10.1 Å². The first kappa shape index (κ1) is 18.4. The van der Waals surface area contributed by atoms with E-state index in [0.29, 0.717) is 35.4 Å². The SMILES string of the molecule is O=C(CCOc1ccc(Cl)c(Cl)c1)NCCSCCCO. The molecule has 4 nitrogen and oxygen atoms in total. The summed E-state index contributed by atoms with van der Waals surface area (Å²) in [5, 5.41) is 12.3. The van der Waals surface area contributed by atoms with E-state index >= 15 is 0 Å². The van der Waals surface area contributed by atoms with Gasteiger partial charge in [-0.25, -0.2) is 0 Å². The van der Waals surface area contributed by atoms with Gasteiger partial charge in [-0.1, -0.05) is 23.2 Å². The summed E-state index contributed by atoms with van der Waals surface area (Å²) < 4.78 is 5.43. The molecule has 0 bridgehead atoms. The van der Waals surface area contributed by atoms with Gasteiger partial charge in [-0.15, -0.1) is 0 Å². The van der Waals surface area contributed by atoms with Crippen LogP contribution in [0.4, 0.5) is 0 Å². The number of hydrogen-bond acceptors (Lipinski definition) is 4. The van der Waals surface area contributed by atoms with E-state index in [-0.39, 0.29) is 12.5 Å². The molecule has 0 unspecified atom stereocenters. The monoisotopic (exact) mass is 351 g/mol. The lowest BCUT2D eigenvalue weighted by atomic mass is 10.3. The lowest BCUT2D eigenvalue weighted by molar-refractivity contribution is -0.121. The summed E-state index contributed by atoms with van der Waals surface area (Å²) in [6, 6.07) is 4.99. The van der Waals surface area contributed by atoms with Gasteiger partial charge < -0.3 is 15.2 Å². The van der Waals surface area contributed by atoms with Gasteiger partial charge in [-0.3, -0.25) is 4.79 Å². The number of rotatable bonds is 10. The summed E-state index contributed by atoms with van der Waals surface area (Å²) in [4.78, 5) is 11.6. The number of amides is 1. The van der Waals surface area contributed by atoms with Gasteiger partial charge in [0.1, 0.15) is 5.75 Å². The first-order valence-electron chi connectivity index (χ1n) is 6.66. The van der Waals surface area contributed by atoms with Gasteiger partial charge >= 0.3 is 0 Å². The van der Waals surface area contributed by atoms with Gasteiger partial charge in [0.15, 0.2) is 0 Å². The standard InChI is InChI=1S/C14H19Cl2NO3S/c15-12-3-2-11(10-13(12)16)20-7-4-14(19)17-5-9-21-8-1-6-18/h2-3,10,18H,1,4-9H2,(H,17,19). The van der Waals surface area contributed by atoms with Crippen molar-refractivity contribution in [2.45, 2.75) is 12.8 Å². The number of halogens is 2. The van der Waals surface area contributed by atoms with Crippen molar-refractivity contribution in [2.75, 3.05) is 31.3 Å². The third-order valence-corrected chi connectivity index (χ3v) is 4.31. The minimum absolute atomic E-state index is 0.0437. The van der Waals surface area contributed by atoms with Crippen LogP contribution in [0.3, 0.4) is 0 Å². The highest BCUT2D eigenvalue weighted by molar-refractivity contribution is 7.99. The van der Waals surface area contributed by atoms with Crippen LogP contribution in [0, 0.1) is 0 Å². The lowest BCUT2D eigenvalue weighted by Gasteiger charge is -2.08. The van der Waals surface area contributed by atoms with Crippen molar-refractivity contribution < 1.29 is 14.6 Å². The molecule has 0 aromatic heterocycles. The van der Waals surface area contributed by atoms with Crippen LogP contribution in [0.5, 0.6) is 5.75 Å². The van der Waals surface area contributed by atoms with E-state index in [1.165, 1.54) is 0 Å². The van der Waals surface area contributed by atoms with Crippen molar-refractivity contribution in [2.24, 2.45) is 0 Å². The minimum atomic E-state index is -0.0437. The Labute approximate surface area is 139 Å². The first-order valence-corrected chi connectivity index (χ1v) is 8.57. The fourth-order valence-corrected chi connectivity index (χ4v) is 2.52. The maximum atomic E-state index is 11.6. The highest BCUT2D eigenvalue weighted by Gasteiger charge is 2.03. The third kappa shape index (κ3) is 8.41. The zero-order chi connectivity index (χ0) is 15.5. The Bertz CT molecular complexity index is 446. The normalized spacial score (nSPS) is 10.4. The third-order valence-electron chi connectivity index (χ3n) is 2.50. The summed E-state index contributed by atoms with van der Waals surface area (Å²) >= 11 is 13.4. The molecule has 2 N–H and O–H groups in total. The maximum Gasteiger partial charge on any atom is 0.223 e. The molecular weight excluding hydrogens is 333 g/mol. The second-order valence-corrected chi connectivity index (χ2v) is 6.25. The van der Waals surface area contributed by atoms with Crippen molar-refractivity contribution in [1.29, 1.82) is 0 Å². The lowest BCUT2D eigenvalue weighted by Crippen LogP contribution is -2.27. The number of carbonyl (C=O) groups excluding carboxylic acids is 1. The van der Waals surface area contributed by atoms with Crippen LogP contribution in [0.1, 0.15) is 12.8 Å². The number of hydrogen-bond donors (Lipinski definition) is 2. The van der Waals surface area contributed by atoms with Crippen LogP contribution in [0.15, 0.2) is 18.2 Å². The van der Waals surface area contributed by atoms with Crippen molar-refractivity contribution >= 4 is 40.9 Å². The van der Waals surface area contributed by atoms with Crippen LogP contribution in [-0.4, -0.2) is 42.3 Å². The molecule has 0 aliphatic rings. The zero-order valence-electron chi connectivity index (χ0n) is 11.6. The average Bonchev–Trinajstić information content (AvgIpc) is 2.46. The second-order valence-electron chi connectivity index (χ2n) is 4.21. The molecule has 1 amide bonds. The van der Waals surface area contributed by atoms with Crippen molar-refractivity contribution in [3.63, 3.8) is 0 Å². The van der Waals surface area contributed by atoms with Gasteiger partial charge in [0, 0.05) is 25.0 Å². The Morgan fingerprint density at radius 3 is 2.81 bits per heavy atom. The van der Waals surface area contributed by atoms with E-state index in [4.69, 9.17) is 33.0 Å². The van der Waals surface area contributed by atoms with Crippen LogP contribution in [-0.2, 0) is 4.79 Å². The van der Waals surface area contributed by atoms with Crippen LogP contribution in [0.2, 0.25) is 10.0 Å². The molecule has 1 aromatic carbocycles. The van der Waals surface area contributed by atoms with Gasteiger partial charge in [-0.05, 0) is 24.3 Å². The fourth-order valence-electron chi connectivity index (χ4n) is 1.45. The number of ether oxygens (including phenoxy) is 1. The molecule has 0 saturated heterocycles. The van der Waals surface area contributed by atoms with E-state index in [0.717, 1.165) is 17.9 Å². The smallest absolute Gasteiger partial charge is 0.223 e. The Hall–Kier alpha value is -0.620. The van der Waals surface area contributed by atoms with Crippen molar-refractivity contribution in [3.8, 4) is 5.75 Å². The Morgan fingerprint density at radius 2 is 2.10 bits per heavy atom. The van der Waals surface area contributed by atoms with Gasteiger partial charge in [-0.2, -0.15) is 11.8 Å². The molecule has 1 aromatic rings. The average molecular weight is 352 g/mol. The topological polar surface area (TPSA) is 58.6 Å². The predicted molar refractivity (Wildman–Crippen MR) is 88.6 cm³/mol. The summed E-state index contributed by atoms with van der Waals surface area (Å²) in [5.74, 6) is 2.31. The molecule has 1 rings (SSSR count). The highest BCUT2D eigenvalue weighted by Crippen LogP contribution is 2.26. The van der Waals surface area contributed by atoms with E-state index < -0.39 is 0 Å². The zero-order valence-corrected chi connectivity index (χ0v) is 13.9. The maximum absolute atomic E-state index is 11.6. The van der Waals surface area contributed by atoms with E-state index in [1.54, 1.807) is 30.0 Å². The van der Waals surface area contributed by atoms with Gasteiger partial charge in [0.25, 0.3) is 0 Å². The minimum Gasteiger partial charge on any atom is -0.493 e. The molecule has 0 aliphatic carbocycles. The Morgan fingerprint density at radius 1 is 1.29 bits per heavy atom. The molecule has 0 fully saturated rings. The number of aliphatic hydroxyl groups excluding tert-OH is 1. The Balaban J connectivity index is 2.09. The molecule has 0 aliphatic heterocycles. The number of thioether (sulfide) groups is 1. The van der Waals surface area contributed by atoms with Crippen molar-refractivity contribution in [1.82, 2.24) is 5.32 Å². The summed E-state index contributed by atoms with van der Waals surface area (Å²) in [5.41, 5.74) is 0. The van der Waals surface area contributed by atoms with E-state index in [2.05, 4.69) is 5.32 Å². The molecule has 0 spiro atoms. The molecule has 0 saturated carbocycles. The summed E-state index contributed by atoms with van der Waals surface area (Å²) in [7, 11) is 0. The van der Waals surface area contributed by atoms with E-state index in [9.17, 15) is 4.79 Å². The quantitative estimate of drug-likeness (QED) is 0.636. The van der Waals surface area contributed by atoms with Crippen molar-refractivity contribution in [3.05, 3.63) is 28.2 Å². The number of benzene rings is 1. The summed E-state index contributed by atoms with van der Waals surface area (Å²) in [6.45, 7) is 1.13. The number of nitrogens with one attached hydrogen (secondary N) is 1. The van der Waals surface area contributed by atoms with E-state index in [1.807, 2.05) is 0 Å². The molecule has 118 valence electrons.